The average Bonchev–Trinajstić information content (AvgIpc) is 2.88. The molecular weight excluding hydrogens is 337 g/mol. The minimum atomic E-state index is -1.20. The fourth-order valence-corrected chi connectivity index (χ4v) is 3.45. The molecule has 2 aromatic carbocycles. The van der Waals surface area contributed by atoms with Crippen molar-refractivity contribution in [1.29, 1.82) is 5.26 Å². The molecule has 2 aliphatic rings. The van der Waals surface area contributed by atoms with Crippen LogP contribution in [0.1, 0.15) is 23.1 Å². The molecule has 7 heteroatoms. The minimum Gasteiger partial charge on any atom is -0.493 e. The average molecular weight is 351 g/mol. The summed E-state index contributed by atoms with van der Waals surface area (Å²) in [6, 6.07) is 12.2. The molecule has 0 radical (unpaired) electrons. The van der Waals surface area contributed by atoms with Gasteiger partial charge in [-0.05, 0) is 24.3 Å². The Hall–Kier alpha value is -3.40. The highest BCUT2D eigenvalue weighted by Gasteiger charge is 2.54. The minimum absolute atomic E-state index is 0.116. The van der Waals surface area contributed by atoms with E-state index < -0.39 is 23.3 Å². The summed E-state index contributed by atoms with van der Waals surface area (Å²) in [6.45, 7) is 0.0476. The molecule has 2 aliphatic heterocycles. The molecule has 1 unspecified atom stereocenters. The number of nitrogens with one attached hydrogen (secondary N) is 1. The number of fused-ring (bicyclic) bond motifs is 2. The normalized spacial score (nSPS) is 21.2. The van der Waals surface area contributed by atoms with Gasteiger partial charge in [0, 0.05) is 17.5 Å². The van der Waals surface area contributed by atoms with Gasteiger partial charge in [0.05, 0.1) is 24.8 Å². The Morgan fingerprint density at radius 3 is 2.88 bits per heavy atom. The molecule has 130 valence electrons. The lowest BCUT2D eigenvalue weighted by Crippen LogP contribution is -2.47. The number of nitriles is 1. The third kappa shape index (κ3) is 2.30. The summed E-state index contributed by atoms with van der Waals surface area (Å²) in [5.41, 5.74) is -0.224. The Kier molecular flexibility index (Phi) is 3.62. The number of carbonyl (C=O) groups excluding carboxylic acids is 2. The summed E-state index contributed by atoms with van der Waals surface area (Å²) >= 11 is 0. The molecule has 6 nitrogen and oxygen atoms in total. The van der Waals surface area contributed by atoms with E-state index in [0.717, 1.165) is 11.0 Å². The first kappa shape index (κ1) is 16.1. The molecule has 2 heterocycles. The van der Waals surface area contributed by atoms with Gasteiger partial charge in [-0.1, -0.05) is 18.2 Å². The molecule has 1 atom stereocenters. The summed E-state index contributed by atoms with van der Waals surface area (Å²) in [5.74, 6) is -0.468. The molecule has 0 saturated carbocycles. The summed E-state index contributed by atoms with van der Waals surface area (Å²) in [5, 5.41) is 11.7. The van der Waals surface area contributed by atoms with Crippen molar-refractivity contribution in [2.75, 3.05) is 6.61 Å². The molecule has 4 rings (SSSR count). The second-order valence-corrected chi connectivity index (χ2v) is 6.24. The number of ether oxygens (including phenoxy) is 1. The van der Waals surface area contributed by atoms with E-state index in [1.807, 2.05) is 6.07 Å². The topological polar surface area (TPSA) is 82.4 Å². The Morgan fingerprint density at radius 2 is 2.08 bits per heavy atom. The number of halogens is 1. The van der Waals surface area contributed by atoms with Gasteiger partial charge in [-0.15, -0.1) is 0 Å². The molecule has 3 amide bonds. The maximum atomic E-state index is 14.1. The van der Waals surface area contributed by atoms with Crippen molar-refractivity contribution in [1.82, 2.24) is 10.2 Å². The fraction of sp³-hybridized carbons (Fsp3) is 0.211. The van der Waals surface area contributed by atoms with Crippen molar-refractivity contribution in [2.45, 2.75) is 18.5 Å². The first-order valence-corrected chi connectivity index (χ1v) is 8.10. The van der Waals surface area contributed by atoms with Crippen LogP contribution in [0.15, 0.2) is 42.5 Å². The van der Waals surface area contributed by atoms with Crippen LogP contribution in [0.5, 0.6) is 5.75 Å². The number of hydrogen-bond donors (Lipinski definition) is 1. The standard InChI is InChI=1S/C19H14FN3O3/c20-15-6-5-12(10-21)9-13(15)11-23-17(24)19(22-18(23)25)7-8-26-16-4-2-1-3-14(16)19/h1-6,9H,7-8,11H2,(H,22,25). The van der Waals surface area contributed by atoms with Crippen LogP contribution in [0.2, 0.25) is 0 Å². The third-order valence-corrected chi connectivity index (χ3v) is 4.76. The summed E-state index contributed by atoms with van der Waals surface area (Å²) in [6.07, 6.45) is 0.297. The monoisotopic (exact) mass is 351 g/mol. The van der Waals surface area contributed by atoms with Crippen molar-refractivity contribution in [3.8, 4) is 11.8 Å². The van der Waals surface area contributed by atoms with Gasteiger partial charge >= 0.3 is 6.03 Å². The van der Waals surface area contributed by atoms with Crippen LogP contribution in [0.3, 0.4) is 0 Å². The summed E-state index contributed by atoms with van der Waals surface area (Å²) in [4.78, 5) is 26.6. The largest absolute Gasteiger partial charge is 0.493 e. The Bertz CT molecular complexity index is 969. The zero-order chi connectivity index (χ0) is 18.3. The first-order valence-electron chi connectivity index (χ1n) is 8.10. The Morgan fingerprint density at radius 1 is 1.27 bits per heavy atom. The molecule has 1 spiro atoms. The molecule has 26 heavy (non-hydrogen) atoms. The highest BCUT2D eigenvalue weighted by atomic mass is 19.1. The number of imide groups is 1. The van der Waals surface area contributed by atoms with Crippen molar-refractivity contribution in [2.24, 2.45) is 0 Å². The molecule has 1 fully saturated rings. The van der Waals surface area contributed by atoms with E-state index in [4.69, 9.17) is 10.00 Å². The second kappa shape index (κ2) is 5.85. The predicted molar refractivity (Wildman–Crippen MR) is 88.4 cm³/mol. The molecular formula is C19H14FN3O3. The number of amides is 3. The SMILES string of the molecule is N#Cc1ccc(F)c(CN2C(=O)NC3(CCOc4ccccc43)C2=O)c1. The van der Waals surface area contributed by atoms with E-state index in [1.165, 1.54) is 12.1 Å². The summed E-state index contributed by atoms with van der Waals surface area (Å²) in [7, 11) is 0. The van der Waals surface area contributed by atoms with E-state index in [1.54, 1.807) is 24.3 Å². The van der Waals surface area contributed by atoms with Gasteiger partial charge in [-0.2, -0.15) is 5.26 Å². The zero-order valence-electron chi connectivity index (χ0n) is 13.7. The molecule has 0 aliphatic carbocycles. The Labute approximate surface area is 148 Å². The molecule has 0 bridgehead atoms. The van der Waals surface area contributed by atoms with Gasteiger partial charge in [-0.25, -0.2) is 9.18 Å². The van der Waals surface area contributed by atoms with Crippen molar-refractivity contribution in [3.05, 3.63) is 65.0 Å². The molecule has 2 aromatic rings. The van der Waals surface area contributed by atoms with E-state index in [9.17, 15) is 14.0 Å². The van der Waals surface area contributed by atoms with E-state index in [2.05, 4.69) is 5.32 Å². The van der Waals surface area contributed by atoms with Gasteiger partial charge < -0.3 is 10.1 Å². The van der Waals surface area contributed by atoms with Gasteiger partial charge in [0.15, 0.2) is 5.54 Å². The maximum Gasteiger partial charge on any atom is 0.325 e. The van der Waals surface area contributed by atoms with Crippen molar-refractivity contribution < 1.29 is 18.7 Å². The van der Waals surface area contributed by atoms with Crippen LogP contribution in [0.25, 0.3) is 0 Å². The van der Waals surface area contributed by atoms with E-state index in [0.29, 0.717) is 17.7 Å². The van der Waals surface area contributed by atoms with E-state index in [-0.39, 0.29) is 24.3 Å². The number of rotatable bonds is 2. The second-order valence-electron chi connectivity index (χ2n) is 6.24. The lowest BCUT2D eigenvalue weighted by molar-refractivity contribution is -0.133. The van der Waals surface area contributed by atoms with E-state index >= 15 is 0 Å². The van der Waals surface area contributed by atoms with Crippen LogP contribution in [0.4, 0.5) is 9.18 Å². The van der Waals surface area contributed by atoms with Crippen LogP contribution < -0.4 is 10.1 Å². The number of benzene rings is 2. The van der Waals surface area contributed by atoms with Crippen molar-refractivity contribution >= 4 is 11.9 Å². The van der Waals surface area contributed by atoms with Crippen LogP contribution in [-0.4, -0.2) is 23.4 Å². The highest BCUT2D eigenvalue weighted by molar-refractivity contribution is 6.07. The highest BCUT2D eigenvalue weighted by Crippen LogP contribution is 2.41. The van der Waals surface area contributed by atoms with Crippen LogP contribution >= 0.6 is 0 Å². The zero-order valence-corrected chi connectivity index (χ0v) is 13.7. The third-order valence-electron chi connectivity index (χ3n) is 4.76. The van der Waals surface area contributed by atoms with Crippen molar-refractivity contribution in [3.63, 3.8) is 0 Å². The molecule has 0 aromatic heterocycles. The van der Waals surface area contributed by atoms with Gasteiger partial charge in [0.1, 0.15) is 11.6 Å². The van der Waals surface area contributed by atoms with Gasteiger partial charge in [0.2, 0.25) is 0 Å². The lowest BCUT2D eigenvalue weighted by atomic mass is 9.84. The number of para-hydroxylation sites is 1. The van der Waals surface area contributed by atoms with Gasteiger partial charge in [-0.3, -0.25) is 9.69 Å². The van der Waals surface area contributed by atoms with Crippen LogP contribution in [0, 0.1) is 17.1 Å². The van der Waals surface area contributed by atoms with Crippen LogP contribution in [-0.2, 0) is 16.9 Å². The first-order chi connectivity index (χ1) is 12.5. The van der Waals surface area contributed by atoms with Gasteiger partial charge in [0.25, 0.3) is 5.91 Å². The molecule has 1 N–H and O–H groups in total. The maximum absolute atomic E-state index is 14.1. The number of hydrogen-bond acceptors (Lipinski definition) is 4. The molecule has 1 saturated heterocycles. The summed E-state index contributed by atoms with van der Waals surface area (Å²) < 4.78 is 19.7. The smallest absolute Gasteiger partial charge is 0.325 e. The predicted octanol–water partition coefficient (Wildman–Crippen LogP) is 2.43. The number of urea groups is 1. The Balaban J connectivity index is 1.71. The fourth-order valence-electron chi connectivity index (χ4n) is 3.45. The number of carbonyl (C=O) groups is 2. The quantitative estimate of drug-likeness (QED) is 0.843. The lowest BCUT2D eigenvalue weighted by Gasteiger charge is -2.33. The number of nitrogens with zero attached hydrogens (tertiary/aromatic N) is 2.